The molecule has 0 aromatic heterocycles. The van der Waals surface area contributed by atoms with E-state index in [1.807, 2.05) is 20.8 Å². The van der Waals surface area contributed by atoms with E-state index in [1.54, 1.807) is 4.90 Å². The number of nitrogens with zero attached hydrogens (tertiary/aromatic N) is 2. The number of carboxylic acids is 2. The van der Waals surface area contributed by atoms with Crippen LogP contribution < -0.4 is 0 Å². The molecule has 1 aliphatic rings. The van der Waals surface area contributed by atoms with E-state index in [-0.39, 0.29) is 6.04 Å². The van der Waals surface area contributed by atoms with Crippen molar-refractivity contribution in [2.24, 2.45) is 11.8 Å². The van der Waals surface area contributed by atoms with Gasteiger partial charge in [0, 0.05) is 12.6 Å². The highest BCUT2D eigenvalue weighted by molar-refractivity contribution is 5.84. The lowest BCUT2D eigenvalue weighted by atomic mass is 9.86. The Kier molecular flexibility index (Phi) is 5.35. The molecular formula is C13H22N2O5. The molecule has 1 saturated heterocycles. The summed E-state index contributed by atoms with van der Waals surface area (Å²) in [5, 5.41) is 17.6. The third-order valence-corrected chi connectivity index (χ3v) is 3.77. The van der Waals surface area contributed by atoms with Crippen molar-refractivity contribution in [3.8, 4) is 0 Å². The minimum Gasteiger partial charge on any atom is -0.480 e. The molecule has 3 atom stereocenters. The van der Waals surface area contributed by atoms with Gasteiger partial charge in [0.2, 0.25) is 0 Å². The molecule has 2 amide bonds. The molecule has 1 fully saturated rings. The molecule has 0 bridgehead atoms. The summed E-state index contributed by atoms with van der Waals surface area (Å²) in [5.41, 5.74) is 0. The van der Waals surface area contributed by atoms with Crippen molar-refractivity contribution >= 4 is 18.0 Å². The van der Waals surface area contributed by atoms with E-state index in [4.69, 9.17) is 10.2 Å². The Labute approximate surface area is 118 Å². The van der Waals surface area contributed by atoms with Crippen LogP contribution in [0.25, 0.3) is 0 Å². The molecule has 0 aliphatic carbocycles. The van der Waals surface area contributed by atoms with E-state index in [0.29, 0.717) is 18.4 Å². The van der Waals surface area contributed by atoms with Crippen molar-refractivity contribution in [2.75, 3.05) is 19.6 Å². The molecule has 20 heavy (non-hydrogen) atoms. The summed E-state index contributed by atoms with van der Waals surface area (Å²) in [7, 11) is 0. The predicted molar refractivity (Wildman–Crippen MR) is 71.4 cm³/mol. The van der Waals surface area contributed by atoms with Crippen molar-refractivity contribution < 1.29 is 24.6 Å². The number of carboxylic acid groups (broad SMARTS) is 2. The van der Waals surface area contributed by atoms with E-state index >= 15 is 0 Å². The molecule has 0 aromatic rings. The highest BCUT2D eigenvalue weighted by Crippen LogP contribution is 2.27. The molecule has 0 aromatic carbocycles. The first kappa shape index (κ1) is 16.3. The highest BCUT2D eigenvalue weighted by atomic mass is 16.4. The number of hydrogen-bond acceptors (Lipinski definition) is 3. The quantitative estimate of drug-likeness (QED) is 0.801. The van der Waals surface area contributed by atoms with Gasteiger partial charge in [0.25, 0.3) is 0 Å². The van der Waals surface area contributed by atoms with Crippen molar-refractivity contribution in [1.29, 1.82) is 0 Å². The van der Waals surface area contributed by atoms with Gasteiger partial charge in [-0.3, -0.25) is 9.59 Å². The average molecular weight is 286 g/mol. The van der Waals surface area contributed by atoms with Crippen LogP contribution in [-0.2, 0) is 9.59 Å². The van der Waals surface area contributed by atoms with Crippen LogP contribution in [0.4, 0.5) is 4.79 Å². The van der Waals surface area contributed by atoms with Crippen molar-refractivity contribution in [1.82, 2.24) is 9.80 Å². The second kappa shape index (κ2) is 6.58. The van der Waals surface area contributed by atoms with E-state index in [9.17, 15) is 14.4 Å². The normalized spacial score (nSPS) is 26.1. The first-order chi connectivity index (χ1) is 9.22. The highest BCUT2D eigenvalue weighted by Gasteiger charge is 2.35. The summed E-state index contributed by atoms with van der Waals surface area (Å²) in [6.45, 7) is 5.31. The fourth-order valence-corrected chi connectivity index (χ4v) is 2.67. The molecule has 1 aliphatic heterocycles. The number of urea groups is 1. The van der Waals surface area contributed by atoms with Gasteiger partial charge in [-0.2, -0.15) is 0 Å². The van der Waals surface area contributed by atoms with Crippen LogP contribution in [-0.4, -0.2) is 63.7 Å². The van der Waals surface area contributed by atoms with Crippen LogP contribution in [0.5, 0.6) is 0 Å². The lowest BCUT2D eigenvalue weighted by molar-refractivity contribution is -0.140. The molecule has 3 unspecified atom stereocenters. The lowest BCUT2D eigenvalue weighted by Gasteiger charge is -2.42. The van der Waals surface area contributed by atoms with Gasteiger partial charge in [0.15, 0.2) is 0 Å². The van der Waals surface area contributed by atoms with Gasteiger partial charge >= 0.3 is 18.0 Å². The number of carbonyl (C=O) groups is 3. The number of aliphatic carboxylic acids is 2. The maximum absolute atomic E-state index is 12.4. The summed E-state index contributed by atoms with van der Waals surface area (Å²) < 4.78 is 0. The molecule has 1 rings (SSSR count). The van der Waals surface area contributed by atoms with Crippen LogP contribution >= 0.6 is 0 Å². The largest absolute Gasteiger partial charge is 0.480 e. The molecule has 0 saturated carbocycles. The number of likely N-dealkylation sites (tertiary alicyclic amines) is 1. The second-order valence-electron chi connectivity index (χ2n) is 5.64. The number of carbonyl (C=O) groups excluding carboxylic acids is 1. The average Bonchev–Trinajstić information content (AvgIpc) is 2.30. The van der Waals surface area contributed by atoms with Gasteiger partial charge < -0.3 is 20.0 Å². The number of rotatable bonds is 4. The molecule has 1 heterocycles. The fraction of sp³-hybridized carbons (Fsp3) is 0.769. The van der Waals surface area contributed by atoms with Crippen LogP contribution in [0.2, 0.25) is 0 Å². The Bertz CT molecular complexity index is 382. The Morgan fingerprint density at radius 1 is 1.10 bits per heavy atom. The summed E-state index contributed by atoms with van der Waals surface area (Å²) >= 11 is 0. The molecule has 7 heteroatoms. The summed E-state index contributed by atoms with van der Waals surface area (Å²) in [4.78, 5) is 36.4. The van der Waals surface area contributed by atoms with E-state index in [1.165, 1.54) is 0 Å². The van der Waals surface area contributed by atoms with Crippen LogP contribution in [0, 0.1) is 11.8 Å². The van der Waals surface area contributed by atoms with E-state index in [0.717, 1.165) is 11.3 Å². The van der Waals surface area contributed by atoms with Gasteiger partial charge in [-0.15, -0.1) is 0 Å². The predicted octanol–water partition coefficient (Wildman–Crippen LogP) is 0.944. The molecular weight excluding hydrogens is 264 g/mol. The molecule has 7 nitrogen and oxygen atoms in total. The fourth-order valence-electron chi connectivity index (χ4n) is 2.67. The summed E-state index contributed by atoms with van der Waals surface area (Å²) in [5.74, 6) is -1.81. The Balaban J connectivity index is 2.86. The van der Waals surface area contributed by atoms with Crippen molar-refractivity contribution in [3.63, 3.8) is 0 Å². The standard InChI is InChI=1S/C13H22N2O5/c1-8-4-9(2)10(3)15(5-8)13(20)14(6-11(16)17)7-12(18)19/h8-10H,4-7H2,1-3H3,(H,16,17)(H,18,19). The Morgan fingerprint density at radius 3 is 2.05 bits per heavy atom. The minimum absolute atomic E-state index is 0.0243. The van der Waals surface area contributed by atoms with Gasteiger partial charge in [0.05, 0.1) is 0 Å². The molecule has 114 valence electrons. The lowest BCUT2D eigenvalue weighted by Crippen LogP contribution is -2.55. The summed E-state index contributed by atoms with van der Waals surface area (Å²) in [6.07, 6.45) is 1.00. The van der Waals surface area contributed by atoms with Crippen LogP contribution in [0.3, 0.4) is 0 Å². The Morgan fingerprint density at radius 2 is 1.60 bits per heavy atom. The molecule has 0 radical (unpaired) electrons. The molecule has 0 spiro atoms. The monoisotopic (exact) mass is 286 g/mol. The third kappa shape index (κ3) is 4.11. The smallest absolute Gasteiger partial charge is 0.323 e. The summed E-state index contributed by atoms with van der Waals surface area (Å²) in [6, 6.07) is -0.538. The number of amides is 2. The van der Waals surface area contributed by atoms with Gasteiger partial charge in [0.1, 0.15) is 13.1 Å². The zero-order valence-corrected chi connectivity index (χ0v) is 12.1. The van der Waals surface area contributed by atoms with E-state index in [2.05, 4.69) is 0 Å². The second-order valence-corrected chi connectivity index (χ2v) is 5.64. The maximum atomic E-state index is 12.4. The van der Waals surface area contributed by atoms with Crippen molar-refractivity contribution in [2.45, 2.75) is 33.2 Å². The molecule has 2 N–H and O–H groups in total. The zero-order valence-electron chi connectivity index (χ0n) is 12.1. The van der Waals surface area contributed by atoms with Crippen LogP contribution in [0.15, 0.2) is 0 Å². The number of hydrogen-bond donors (Lipinski definition) is 2. The van der Waals surface area contributed by atoms with Gasteiger partial charge in [-0.25, -0.2) is 4.79 Å². The SMILES string of the molecule is CC1CC(C)C(C)N(C(=O)N(CC(=O)O)CC(=O)O)C1. The zero-order chi connectivity index (χ0) is 15.4. The number of piperidine rings is 1. The first-order valence-electron chi connectivity index (χ1n) is 6.71. The van der Waals surface area contributed by atoms with Crippen molar-refractivity contribution in [3.05, 3.63) is 0 Å². The maximum Gasteiger partial charge on any atom is 0.323 e. The minimum atomic E-state index is -1.22. The van der Waals surface area contributed by atoms with E-state index < -0.39 is 31.1 Å². The van der Waals surface area contributed by atoms with Gasteiger partial charge in [-0.1, -0.05) is 13.8 Å². The van der Waals surface area contributed by atoms with Gasteiger partial charge in [-0.05, 0) is 25.2 Å². The third-order valence-electron chi connectivity index (χ3n) is 3.77. The first-order valence-corrected chi connectivity index (χ1v) is 6.71. The van der Waals surface area contributed by atoms with Crippen LogP contribution in [0.1, 0.15) is 27.2 Å². The topological polar surface area (TPSA) is 98.2 Å². The Hall–Kier alpha value is -1.79.